The number of nitro groups is 1. The van der Waals surface area contributed by atoms with E-state index in [4.69, 9.17) is 5.11 Å². The highest BCUT2D eigenvalue weighted by Crippen LogP contribution is 2.32. The van der Waals surface area contributed by atoms with E-state index in [1.807, 2.05) is 0 Å². The Balaban J connectivity index is 2.44. The van der Waals surface area contributed by atoms with E-state index in [1.54, 1.807) is 12.1 Å². The second kappa shape index (κ2) is 4.42. The van der Waals surface area contributed by atoms with Crippen molar-refractivity contribution in [1.82, 2.24) is 4.98 Å². The molecule has 2 N–H and O–H groups in total. The number of anilines is 1. The van der Waals surface area contributed by atoms with Crippen LogP contribution in [0.1, 0.15) is 0 Å². The molecule has 0 saturated heterocycles. The van der Waals surface area contributed by atoms with Crippen LogP contribution in [0.2, 0.25) is 0 Å². The summed E-state index contributed by atoms with van der Waals surface area (Å²) in [5.41, 5.74) is 0.659. The van der Waals surface area contributed by atoms with Crippen molar-refractivity contribution < 1.29 is 10.0 Å². The highest BCUT2D eigenvalue weighted by Gasteiger charge is 2.15. The number of aliphatic hydroxyl groups is 1. The number of rotatable bonds is 4. The van der Waals surface area contributed by atoms with Crippen LogP contribution in [0, 0.1) is 10.1 Å². The molecule has 0 saturated carbocycles. The van der Waals surface area contributed by atoms with Crippen LogP contribution >= 0.6 is 11.3 Å². The Labute approximate surface area is 94.7 Å². The molecule has 16 heavy (non-hydrogen) atoms. The van der Waals surface area contributed by atoms with E-state index in [9.17, 15) is 10.1 Å². The summed E-state index contributed by atoms with van der Waals surface area (Å²) < 4.78 is 0.549. The highest BCUT2D eigenvalue weighted by molar-refractivity contribution is 7.22. The summed E-state index contributed by atoms with van der Waals surface area (Å²) in [7, 11) is 0. The number of hydrogen-bond acceptors (Lipinski definition) is 6. The van der Waals surface area contributed by atoms with Crippen LogP contribution in [0.3, 0.4) is 0 Å². The molecule has 0 atom stereocenters. The fourth-order valence-electron chi connectivity index (χ4n) is 1.32. The molecule has 0 bridgehead atoms. The van der Waals surface area contributed by atoms with Crippen molar-refractivity contribution in [2.75, 3.05) is 18.5 Å². The lowest BCUT2D eigenvalue weighted by molar-refractivity contribution is -0.382. The van der Waals surface area contributed by atoms with Crippen LogP contribution in [0.15, 0.2) is 18.2 Å². The summed E-state index contributed by atoms with van der Waals surface area (Å²) in [6.45, 7) is 0.381. The van der Waals surface area contributed by atoms with Crippen LogP contribution in [0.4, 0.5) is 10.8 Å². The van der Waals surface area contributed by atoms with Gasteiger partial charge in [0.1, 0.15) is 4.70 Å². The maximum atomic E-state index is 10.8. The van der Waals surface area contributed by atoms with Gasteiger partial charge in [-0.05, 0) is 6.07 Å². The van der Waals surface area contributed by atoms with Gasteiger partial charge in [0.05, 0.1) is 17.0 Å². The van der Waals surface area contributed by atoms with Crippen molar-refractivity contribution in [1.29, 1.82) is 0 Å². The first-order valence-corrected chi connectivity index (χ1v) is 5.42. The Bertz CT molecular complexity index is 526. The molecule has 1 aromatic heterocycles. The Hall–Kier alpha value is -1.73. The van der Waals surface area contributed by atoms with Gasteiger partial charge in [-0.25, -0.2) is 4.98 Å². The zero-order chi connectivity index (χ0) is 11.5. The van der Waals surface area contributed by atoms with Crippen molar-refractivity contribution >= 4 is 32.4 Å². The fraction of sp³-hybridized carbons (Fsp3) is 0.222. The SMILES string of the molecule is O=[N+]([O-])c1cccc2nc(NCCO)sc12. The minimum absolute atomic E-state index is 0.00197. The molecule has 0 radical (unpaired) electrons. The Kier molecular flexibility index (Phi) is 2.97. The number of fused-ring (bicyclic) bond motifs is 1. The number of non-ortho nitro benzene ring substituents is 1. The second-order valence-corrected chi connectivity index (χ2v) is 4.05. The molecule has 1 heterocycles. The van der Waals surface area contributed by atoms with Crippen molar-refractivity contribution in [3.63, 3.8) is 0 Å². The largest absolute Gasteiger partial charge is 0.395 e. The average molecular weight is 239 g/mol. The van der Waals surface area contributed by atoms with E-state index >= 15 is 0 Å². The standard InChI is InChI=1S/C9H9N3O3S/c13-5-4-10-9-11-6-2-1-3-7(12(14)15)8(6)16-9/h1-3,13H,4-5H2,(H,10,11). The molecule has 2 rings (SSSR count). The molecule has 0 aliphatic rings. The van der Waals surface area contributed by atoms with Crippen molar-refractivity contribution in [2.45, 2.75) is 0 Å². The average Bonchev–Trinajstić information content (AvgIpc) is 2.68. The number of nitrogens with zero attached hydrogens (tertiary/aromatic N) is 2. The van der Waals surface area contributed by atoms with Gasteiger partial charge in [0, 0.05) is 12.6 Å². The van der Waals surface area contributed by atoms with E-state index in [2.05, 4.69) is 10.3 Å². The molecule has 2 aromatic rings. The minimum Gasteiger partial charge on any atom is -0.395 e. The number of nitrogens with one attached hydrogen (secondary N) is 1. The summed E-state index contributed by atoms with van der Waals surface area (Å²) in [6.07, 6.45) is 0. The lowest BCUT2D eigenvalue weighted by Crippen LogP contribution is -2.04. The van der Waals surface area contributed by atoms with Gasteiger partial charge >= 0.3 is 0 Å². The molecular formula is C9H9N3O3S. The van der Waals surface area contributed by atoms with E-state index in [1.165, 1.54) is 17.4 Å². The van der Waals surface area contributed by atoms with Crippen LogP contribution in [0.5, 0.6) is 0 Å². The summed E-state index contributed by atoms with van der Waals surface area (Å²) in [5, 5.41) is 22.9. The van der Waals surface area contributed by atoms with E-state index in [0.29, 0.717) is 21.9 Å². The van der Waals surface area contributed by atoms with E-state index in [0.717, 1.165) is 0 Å². The van der Waals surface area contributed by atoms with Gasteiger partial charge in [0.15, 0.2) is 5.13 Å². The maximum Gasteiger partial charge on any atom is 0.288 e. The second-order valence-electron chi connectivity index (χ2n) is 3.05. The van der Waals surface area contributed by atoms with Gasteiger partial charge in [-0.1, -0.05) is 17.4 Å². The Morgan fingerprint density at radius 1 is 1.56 bits per heavy atom. The Morgan fingerprint density at radius 3 is 3.06 bits per heavy atom. The summed E-state index contributed by atoms with van der Waals surface area (Å²) in [4.78, 5) is 14.5. The molecule has 0 amide bonds. The molecule has 0 fully saturated rings. The van der Waals surface area contributed by atoms with E-state index in [-0.39, 0.29) is 12.3 Å². The van der Waals surface area contributed by atoms with Crippen molar-refractivity contribution in [2.24, 2.45) is 0 Å². The predicted octanol–water partition coefficient (Wildman–Crippen LogP) is 1.61. The van der Waals surface area contributed by atoms with Crippen LogP contribution in [0.25, 0.3) is 10.2 Å². The summed E-state index contributed by atoms with van der Waals surface area (Å²) in [5.74, 6) is 0. The molecule has 6 nitrogen and oxygen atoms in total. The van der Waals surface area contributed by atoms with Gasteiger partial charge in [0.25, 0.3) is 5.69 Å². The van der Waals surface area contributed by atoms with Crippen molar-refractivity contribution in [3.05, 3.63) is 28.3 Å². The number of nitro benzene ring substituents is 1. The van der Waals surface area contributed by atoms with Crippen LogP contribution in [-0.2, 0) is 0 Å². The molecule has 84 valence electrons. The molecule has 0 unspecified atom stereocenters. The van der Waals surface area contributed by atoms with Gasteiger partial charge in [-0.15, -0.1) is 0 Å². The van der Waals surface area contributed by atoms with Crippen LogP contribution < -0.4 is 5.32 Å². The third-order valence-electron chi connectivity index (χ3n) is 1.98. The molecule has 0 spiro atoms. The lowest BCUT2D eigenvalue weighted by Gasteiger charge is -1.95. The first kappa shape index (κ1) is 10.8. The zero-order valence-corrected chi connectivity index (χ0v) is 9.03. The predicted molar refractivity (Wildman–Crippen MR) is 61.8 cm³/mol. The lowest BCUT2D eigenvalue weighted by atomic mass is 10.3. The fourth-order valence-corrected chi connectivity index (χ4v) is 2.29. The summed E-state index contributed by atoms with van der Waals surface area (Å²) in [6, 6.07) is 4.79. The smallest absolute Gasteiger partial charge is 0.288 e. The quantitative estimate of drug-likeness (QED) is 0.625. The normalized spacial score (nSPS) is 10.6. The van der Waals surface area contributed by atoms with Gasteiger partial charge in [-0.3, -0.25) is 10.1 Å². The number of benzene rings is 1. The molecule has 7 heteroatoms. The summed E-state index contributed by atoms with van der Waals surface area (Å²) >= 11 is 1.22. The molecule has 0 aliphatic carbocycles. The van der Waals surface area contributed by atoms with Gasteiger partial charge < -0.3 is 10.4 Å². The van der Waals surface area contributed by atoms with Crippen molar-refractivity contribution in [3.8, 4) is 0 Å². The molecule has 0 aliphatic heterocycles. The topological polar surface area (TPSA) is 88.3 Å². The number of aromatic nitrogens is 1. The minimum atomic E-state index is -0.420. The zero-order valence-electron chi connectivity index (χ0n) is 8.21. The molecule has 1 aromatic carbocycles. The number of hydrogen-bond donors (Lipinski definition) is 2. The first-order valence-electron chi connectivity index (χ1n) is 4.61. The molecular weight excluding hydrogens is 230 g/mol. The van der Waals surface area contributed by atoms with E-state index < -0.39 is 4.92 Å². The van der Waals surface area contributed by atoms with Gasteiger partial charge in [0.2, 0.25) is 0 Å². The van der Waals surface area contributed by atoms with Crippen LogP contribution in [-0.4, -0.2) is 28.2 Å². The third kappa shape index (κ3) is 1.95. The monoisotopic (exact) mass is 239 g/mol. The first-order chi connectivity index (χ1) is 7.72. The Morgan fingerprint density at radius 2 is 2.38 bits per heavy atom. The van der Waals surface area contributed by atoms with Gasteiger partial charge in [-0.2, -0.15) is 0 Å². The third-order valence-corrected chi connectivity index (χ3v) is 3.03. The maximum absolute atomic E-state index is 10.8. The number of aliphatic hydroxyl groups excluding tert-OH is 1. The highest BCUT2D eigenvalue weighted by atomic mass is 32.1. The number of thiazole rings is 1.